The number of amides is 1. The predicted octanol–water partition coefficient (Wildman–Crippen LogP) is 1.69. The first-order valence-corrected chi connectivity index (χ1v) is 5.30. The summed E-state index contributed by atoms with van der Waals surface area (Å²) in [4.78, 5) is 11.3. The van der Waals surface area contributed by atoms with E-state index >= 15 is 0 Å². The molecular weight excluding hydrogens is 221 g/mol. The zero-order chi connectivity index (χ0) is 12.8. The Bertz CT molecular complexity index is 217. The zero-order valence-electron chi connectivity index (χ0n) is 9.82. The summed E-state index contributed by atoms with van der Waals surface area (Å²) in [5, 5.41) is 4.70. The van der Waals surface area contributed by atoms with Crippen molar-refractivity contribution >= 4 is 5.91 Å². The lowest BCUT2D eigenvalue weighted by Crippen LogP contribution is -2.45. The summed E-state index contributed by atoms with van der Waals surface area (Å²) in [6, 6.07) is -0.825. The predicted molar refractivity (Wildman–Crippen MR) is 56.0 cm³/mol. The highest BCUT2D eigenvalue weighted by atomic mass is 19.4. The molecule has 0 aliphatic rings. The highest BCUT2D eigenvalue weighted by Crippen LogP contribution is 2.12. The molecule has 2 N–H and O–H groups in total. The van der Waals surface area contributed by atoms with E-state index in [0.717, 1.165) is 6.42 Å². The molecule has 3 nitrogen and oxygen atoms in total. The second-order valence-corrected chi connectivity index (χ2v) is 4.19. The van der Waals surface area contributed by atoms with Crippen LogP contribution >= 0.6 is 0 Å². The van der Waals surface area contributed by atoms with E-state index in [1.54, 1.807) is 0 Å². The first kappa shape index (κ1) is 15.2. The molecule has 0 aromatic rings. The van der Waals surface area contributed by atoms with Crippen molar-refractivity contribution in [3.63, 3.8) is 0 Å². The van der Waals surface area contributed by atoms with Crippen LogP contribution in [0.3, 0.4) is 0 Å². The molecule has 0 aromatic carbocycles. The molecule has 0 bridgehead atoms. The quantitative estimate of drug-likeness (QED) is 0.741. The summed E-state index contributed by atoms with van der Waals surface area (Å²) in [5.41, 5.74) is 0. The van der Waals surface area contributed by atoms with E-state index in [9.17, 15) is 18.0 Å². The van der Waals surface area contributed by atoms with Gasteiger partial charge in [0.05, 0.1) is 12.6 Å². The van der Waals surface area contributed by atoms with Crippen molar-refractivity contribution in [2.75, 3.05) is 13.1 Å². The summed E-state index contributed by atoms with van der Waals surface area (Å²) in [6.07, 6.45) is -3.47. The molecule has 6 heteroatoms. The van der Waals surface area contributed by atoms with Gasteiger partial charge in [-0.2, -0.15) is 13.2 Å². The van der Waals surface area contributed by atoms with Crippen LogP contribution in [0, 0.1) is 5.92 Å². The average molecular weight is 240 g/mol. The number of nitrogens with one attached hydrogen (secondary N) is 2. The molecule has 0 saturated heterocycles. The van der Waals surface area contributed by atoms with Gasteiger partial charge in [0, 0.05) is 6.54 Å². The maximum Gasteiger partial charge on any atom is 0.401 e. The topological polar surface area (TPSA) is 41.1 Å². The summed E-state index contributed by atoms with van der Waals surface area (Å²) < 4.78 is 35.5. The minimum Gasteiger partial charge on any atom is -0.355 e. The number of carbonyl (C=O) groups excluding carboxylic acids is 1. The minimum absolute atomic E-state index is 0.398. The highest BCUT2D eigenvalue weighted by molar-refractivity contribution is 5.81. The molecule has 1 unspecified atom stereocenters. The van der Waals surface area contributed by atoms with Crippen molar-refractivity contribution in [2.45, 2.75) is 39.4 Å². The second-order valence-electron chi connectivity index (χ2n) is 4.19. The van der Waals surface area contributed by atoms with Crippen LogP contribution in [-0.2, 0) is 4.79 Å². The molecule has 1 atom stereocenters. The van der Waals surface area contributed by atoms with E-state index in [2.05, 4.69) is 10.6 Å². The number of alkyl halides is 3. The lowest BCUT2D eigenvalue weighted by Gasteiger charge is -2.15. The van der Waals surface area contributed by atoms with E-state index in [-0.39, 0.29) is 0 Å². The minimum atomic E-state index is -4.29. The fourth-order valence-corrected chi connectivity index (χ4v) is 0.999. The number of hydrogen-bond acceptors (Lipinski definition) is 2. The second kappa shape index (κ2) is 6.73. The third-order valence-electron chi connectivity index (χ3n) is 2.02. The fourth-order valence-electron chi connectivity index (χ4n) is 0.999. The van der Waals surface area contributed by atoms with Crippen LogP contribution < -0.4 is 10.6 Å². The Balaban J connectivity index is 3.74. The van der Waals surface area contributed by atoms with Crippen LogP contribution in [0.15, 0.2) is 0 Å². The van der Waals surface area contributed by atoms with Gasteiger partial charge in [0.25, 0.3) is 0 Å². The lowest BCUT2D eigenvalue weighted by molar-refractivity contribution is -0.131. The fraction of sp³-hybridized carbons (Fsp3) is 0.900. The Morgan fingerprint density at radius 3 is 2.25 bits per heavy atom. The largest absolute Gasteiger partial charge is 0.401 e. The SMILES string of the molecule is CC(C)CCNC(=O)C(C)NCC(F)(F)F. The number of hydrogen-bond donors (Lipinski definition) is 2. The van der Waals surface area contributed by atoms with Gasteiger partial charge in [-0.1, -0.05) is 13.8 Å². The highest BCUT2D eigenvalue weighted by Gasteiger charge is 2.28. The van der Waals surface area contributed by atoms with E-state index in [0.29, 0.717) is 12.5 Å². The zero-order valence-corrected chi connectivity index (χ0v) is 9.82. The van der Waals surface area contributed by atoms with Gasteiger partial charge in [-0.25, -0.2) is 0 Å². The summed E-state index contributed by atoms with van der Waals surface area (Å²) in [7, 11) is 0. The van der Waals surface area contributed by atoms with Crippen LogP contribution in [-0.4, -0.2) is 31.2 Å². The summed E-state index contributed by atoms with van der Waals surface area (Å²) in [5.74, 6) is 0.0589. The van der Waals surface area contributed by atoms with Crippen molar-refractivity contribution < 1.29 is 18.0 Å². The molecule has 0 rings (SSSR count). The van der Waals surface area contributed by atoms with Crippen molar-refractivity contribution in [2.24, 2.45) is 5.92 Å². The Hall–Kier alpha value is -0.780. The average Bonchev–Trinajstić information content (AvgIpc) is 2.12. The van der Waals surface area contributed by atoms with Crippen molar-refractivity contribution in [1.29, 1.82) is 0 Å². The molecule has 0 radical (unpaired) electrons. The van der Waals surface area contributed by atoms with E-state index in [1.807, 2.05) is 13.8 Å². The standard InChI is InChI=1S/C10H19F3N2O/c1-7(2)4-5-14-9(16)8(3)15-6-10(11,12)13/h7-8,15H,4-6H2,1-3H3,(H,14,16). The van der Waals surface area contributed by atoms with Gasteiger partial charge in [0.2, 0.25) is 5.91 Å². The van der Waals surface area contributed by atoms with Gasteiger partial charge in [-0.15, -0.1) is 0 Å². The van der Waals surface area contributed by atoms with Crippen LogP contribution in [0.4, 0.5) is 13.2 Å². The van der Waals surface area contributed by atoms with Crippen LogP contribution in [0.1, 0.15) is 27.2 Å². The van der Waals surface area contributed by atoms with Gasteiger partial charge in [0.1, 0.15) is 0 Å². The van der Waals surface area contributed by atoms with Crippen molar-refractivity contribution in [3.8, 4) is 0 Å². The summed E-state index contributed by atoms with van der Waals surface area (Å²) in [6.45, 7) is 4.78. The molecule has 0 fully saturated rings. The number of halogens is 3. The Morgan fingerprint density at radius 2 is 1.81 bits per heavy atom. The van der Waals surface area contributed by atoms with E-state index in [1.165, 1.54) is 6.92 Å². The molecule has 0 aliphatic heterocycles. The van der Waals surface area contributed by atoms with Gasteiger partial charge in [-0.3, -0.25) is 10.1 Å². The lowest BCUT2D eigenvalue weighted by atomic mass is 10.1. The molecule has 96 valence electrons. The van der Waals surface area contributed by atoms with Gasteiger partial charge >= 0.3 is 6.18 Å². The Labute approximate surface area is 93.8 Å². The smallest absolute Gasteiger partial charge is 0.355 e. The van der Waals surface area contributed by atoms with E-state index in [4.69, 9.17) is 0 Å². The van der Waals surface area contributed by atoms with E-state index < -0.39 is 24.7 Å². The van der Waals surface area contributed by atoms with Gasteiger partial charge in [-0.05, 0) is 19.3 Å². The first-order valence-electron chi connectivity index (χ1n) is 5.30. The van der Waals surface area contributed by atoms with Crippen molar-refractivity contribution in [1.82, 2.24) is 10.6 Å². The molecule has 0 heterocycles. The first-order chi connectivity index (χ1) is 7.22. The molecular formula is C10H19F3N2O. The van der Waals surface area contributed by atoms with Crippen molar-refractivity contribution in [3.05, 3.63) is 0 Å². The Kier molecular flexibility index (Phi) is 6.40. The summed E-state index contributed by atoms with van der Waals surface area (Å²) >= 11 is 0. The van der Waals surface area contributed by atoms with Gasteiger partial charge in [0.15, 0.2) is 0 Å². The molecule has 0 aromatic heterocycles. The Morgan fingerprint density at radius 1 is 1.25 bits per heavy atom. The molecule has 0 aliphatic carbocycles. The number of rotatable bonds is 6. The maximum atomic E-state index is 11.8. The van der Waals surface area contributed by atoms with Crippen LogP contribution in [0.25, 0.3) is 0 Å². The normalized spacial score (nSPS) is 13.9. The van der Waals surface area contributed by atoms with Crippen LogP contribution in [0.2, 0.25) is 0 Å². The molecule has 1 amide bonds. The van der Waals surface area contributed by atoms with Crippen LogP contribution in [0.5, 0.6) is 0 Å². The number of carbonyl (C=O) groups is 1. The molecule has 0 spiro atoms. The maximum absolute atomic E-state index is 11.8. The monoisotopic (exact) mass is 240 g/mol. The van der Waals surface area contributed by atoms with Gasteiger partial charge < -0.3 is 5.32 Å². The third kappa shape index (κ3) is 8.52. The molecule has 0 saturated carbocycles. The third-order valence-corrected chi connectivity index (χ3v) is 2.02. The molecule has 16 heavy (non-hydrogen) atoms.